The van der Waals surface area contributed by atoms with E-state index in [9.17, 15) is 15.3 Å². The number of methoxy groups -OCH3 is 1. The predicted octanol–water partition coefficient (Wildman–Crippen LogP) is 6.29. The van der Waals surface area contributed by atoms with Crippen LogP contribution in [0.2, 0.25) is 5.02 Å². The Bertz CT molecular complexity index is 1380. The molecule has 3 aromatic rings. The Morgan fingerprint density at radius 1 is 1.17 bits per heavy atom. The number of carbonyl (C=O) groups excluding carboxylic acids is 1. The minimum atomic E-state index is -0.555. The van der Waals surface area contributed by atoms with Crippen LogP contribution in [0.3, 0.4) is 0 Å². The van der Waals surface area contributed by atoms with Gasteiger partial charge in [-0.05, 0) is 61.1 Å². The lowest BCUT2D eigenvalue weighted by molar-refractivity contribution is -0.112. The van der Waals surface area contributed by atoms with Gasteiger partial charge in [0.15, 0.2) is 11.5 Å². The minimum absolute atomic E-state index is 0.0768. The van der Waals surface area contributed by atoms with Crippen LogP contribution in [0.15, 0.2) is 48.0 Å². The number of ether oxygens (including phenoxy) is 2. The van der Waals surface area contributed by atoms with Gasteiger partial charge >= 0.3 is 0 Å². The van der Waals surface area contributed by atoms with Crippen molar-refractivity contribution in [2.75, 3.05) is 12.4 Å². The molecule has 8 heteroatoms. The molecule has 2 aromatic carbocycles. The average molecular weight is 504 g/mol. The molecule has 1 N–H and O–H groups in total. The number of anilines is 1. The molecule has 1 amide bonds. The Morgan fingerprint density at radius 2 is 1.97 bits per heavy atom. The number of benzene rings is 2. The lowest BCUT2D eigenvalue weighted by Gasteiger charge is -2.12. The van der Waals surface area contributed by atoms with Crippen molar-refractivity contribution in [1.29, 1.82) is 10.5 Å². The fraction of sp³-hybridized carbons (Fsp3) is 0.222. The summed E-state index contributed by atoms with van der Waals surface area (Å²) in [6.07, 6.45) is 5.35. The molecule has 1 aromatic heterocycles. The lowest BCUT2D eigenvalue weighted by atomic mass is 9.96. The molecule has 0 unspecified atom stereocenters. The Labute approximate surface area is 213 Å². The highest BCUT2D eigenvalue weighted by Crippen LogP contribution is 2.38. The minimum Gasteiger partial charge on any atom is -0.493 e. The number of nitriles is 2. The summed E-state index contributed by atoms with van der Waals surface area (Å²) in [5, 5.41) is 23.1. The van der Waals surface area contributed by atoms with Crippen LogP contribution in [0.1, 0.15) is 40.0 Å². The van der Waals surface area contributed by atoms with Gasteiger partial charge in [0.05, 0.1) is 12.7 Å². The highest BCUT2D eigenvalue weighted by Gasteiger charge is 2.22. The van der Waals surface area contributed by atoms with E-state index in [1.54, 1.807) is 24.3 Å². The number of hydrogen-bond donors (Lipinski definition) is 1. The summed E-state index contributed by atoms with van der Waals surface area (Å²) in [6, 6.07) is 16.7. The van der Waals surface area contributed by atoms with Crippen LogP contribution in [-0.4, -0.2) is 13.0 Å². The summed E-state index contributed by atoms with van der Waals surface area (Å²) in [4.78, 5) is 14.0. The van der Waals surface area contributed by atoms with Gasteiger partial charge in [0, 0.05) is 15.5 Å². The average Bonchev–Trinajstić information content (AvgIpc) is 3.23. The quantitative estimate of drug-likeness (QED) is 0.302. The smallest absolute Gasteiger partial charge is 0.266 e. The molecular formula is C27H22ClN3O3S. The van der Waals surface area contributed by atoms with E-state index in [0.717, 1.165) is 41.7 Å². The Balaban J connectivity index is 1.52. The molecule has 4 rings (SSSR count). The summed E-state index contributed by atoms with van der Waals surface area (Å²) < 4.78 is 11.3. The topological polar surface area (TPSA) is 95.1 Å². The number of halogens is 1. The molecule has 0 saturated heterocycles. The van der Waals surface area contributed by atoms with E-state index in [2.05, 4.69) is 11.4 Å². The summed E-state index contributed by atoms with van der Waals surface area (Å²) in [5.41, 5.74) is 2.91. The Morgan fingerprint density at radius 3 is 2.71 bits per heavy atom. The van der Waals surface area contributed by atoms with Gasteiger partial charge in [0.25, 0.3) is 5.91 Å². The number of hydrogen-bond acceptors (Lipinski definition) is 6. The number of thiophene rings is 1. The third-order valence-corrected chi connectivity index (χ3v) is 7.29. The summed E-state index contributed by atoms with van der Waals surface area (Å²) in [7, 11) is 1.52. The number of nitrogens with one attached hydrogen (secondary N) is 1. The SMILES string of the molecule is COc1cc(/C=C(\C#N)C(=O)Nc2sc3c(c2C#N)CCCC3)ccc1OCc1ccccc1Cl. The molecule has 1 heterocycles. The maximum absolute atomic E-state index is 12.9. The highest BCUT2D eigenvalue weighted by atomic mass is 35.5. The third kappa shape index (κ3) is 5.49. The molecule has 6 nitrogen and oxygen atoms in total. The molecule has 0 saturated carbocycles. The van der Waals surface area contributed by atoms with Crippen molar-refractivity contribution in [3.63, 3.8) is 0 Å². The van der Waals surface area contributed by atoms with Gasteiger partial charge in [0.2, 0.25) is 0 Å². The van der Waals surface area contributed by atoms with Crippen molar-refractivity contribution in [2.45, 2.75) is 32.3 Å². The largest absolute Gasteiger partial charge is 0.493 e. The van der Waals surface area contributed by atoms with Crippen LogP contribution in [0.5, 0.6) is 11.5 Å². The molecule has 0 atom stereocenters. The number of amides is 1. The molecule has 1 aliphatic carbocycles. The van der Waals surface area contributed by atoms with Gasteiger partial charge in [-0.2, -0.15) is 10.5 Å². The molecule has 1 aliphatic rings. The monoisotopic (exact) mass is 503 g/mol. The van der Waals surface area contributed by atoms with Crippen molar-refractivity contribution >= 4 is 39.9 Å². The van der Waals surface area contributed by atoms with Gasteiger partial charge in [-0.15, -0.1) is 11.3 Å². The molecule has 176 valence electrons. The van der Waals surface area contributed by atoms with Crippen molar-refractivity contribution in [3.05, 3.63) is 80.2 Å². The molecule has 0 radical (unpaired) electrons. The summed E-state index contributed by atoms with van der Waals surface area (Å²) in [6.45, 7) is 0.267. The fourth-order valence-electron chi connectivity index (χ4n) is 3.92. The van der Waals surface area contributed by atoms with E-state index >= 15 is 0 Å². The predicted molar refractivity (Wildman–Crippen MR) is 137 cm³/mol. The van der Waals surface area contributed by atoms with E-state index in [0.29, 0.717) is 32.6 Å². The van der Waals surface area contributed by atoms with Crippen LogP contribution in [0.4, 0.5) is 5.00 Å². The zero-order valence-electron chi connectivity index (χ0n) is 19.1. The van der Waals surface area contributed by atoms with Crippen LogP contribution in [-0.2, 0) is 24.2 Å². The van der Waals surface area contributed by atoms with Gasteiger partial charge in [-0.3, -0.25) is 4.79 Å². The van der Waals surface area contributed by atoms with Gasteiger partial charge in [0.1, 0.15) is 29.3 Å². The molecule has 35 heavy (non-hydrogen) atoms. The number of carbonyl (C=O) groups is 1. The normalized spacial score (nSPS) is 12.7. The van der Waals surface area contributed by atoms with E-state index in [1.165, 1.54) is 24.5 Å². The molecule has 0 bridgehead atoms. The van der Waals surface area contributed by atoms with Crippen LogP contribution in [0, 0.1) is 22.7 Å². The first kappa shape index (κ1) is 24.3. The van der Waals surface area contributed by atoms with E-state index in [4.69, 9.17) is 21.1 Å². The Hall–Kier alpha value is -3.78. The van der Waals surface area contributed by atoms with Gasteiger partial charge < -0.3 is 14.8 Å². The molecule has 0 aliphatic heterocycles. The van der Waals surface area contributed by atoms with Crippen LogP contribution in [0.25, 0.3) is 6.08 Å². The highest BCUT2D eigenvalue weighted by molar-refractivity contribution is 7.16. The zero-order valence-corrected chi connectivity index (χ0v) is 20.6. The first-order valence-electron chi connectivity index (χ1n) is 11.1. The standard InChI is InChI=1S/C27H22ClN3O3S/c1-33-24-13-17(10-11-23(24)34-16-18-6-2-4-8-22(18)28)12-19(14-29)26(32)31-27-21(15-30)20-7-3-5-9-25(20)35-27/h2,4,6,8,10-13H,3,5,7,9,16H2,1H3,(H,31,32)/b19-12+. The van der Waals surface area contributed by atoms with Crippen molar-refractivity contribution in [3.8, 4) is 23.6 Å². The van der Waals surface area contributed by atoms with Gasteiger partial charge in [-0.1, -0.05) is 35.9 Å². The first-order valence-corrected chi connectivity index (χ1v) is 12.3. The zero-order chi connectivity index (χ0) is 24.8. The summed E-state index contributed by atoms with van der Waals surface area (Å²) in [5.74, 6) is 0.414. The maximum Gasteiger partial charge on any atom is 0.266 e. The molecule has 0 fully saturated rings. The van der Waals surface area contributed by atoms with E-state index in [-0.39, 0.29) is 12.2 Å². The number of rotatable bonds is 7. The fourth-order valence-corrected chi connectivity index (χ4v) is 5.35. The first-order chi connectivity index (χ1) is 17.0. The molecule has 0 spiro atoms. The number of fused-ring (bicyclic) bond motifs is 1. The van der Waals surface area contributed by atoms with E-state index in [1.807, 2.05) is 24.3 Å². The lowest BCUT2D eigenvalue weighted by Crippen LogP contribution is -2.13. The van der Waals surface area contributed by atoms with Crippen molar-refractivity contribution in [2.24, 2.45) is 0 Å². The van der Waals surface area contributed by atoms with E-state index < -0.39 is 5.91 Å². The Kier molecular flexibility index (Phi) is 7.72. The molecular weight excluding hydrogens is 482 g/mol. The second-order valence-corrected chi connectivity index (χ2v) is 9.45. The van der Waals surface area contributed by atoms with Crippen molar-refractivity contribution in [1.82, 2.24) is 0 Å². The second-order valence-electron chi connectivity index (χ2n) is 7.94. The van der Waals surface area contributed by atoms with Crippen LogP contribution < -0.4 is 14.8 Å². The van der Waals surface area contributed by atoms with Crippen molar-refractivity contribution < 1.29 is 14.3 Å². The van der Waals surface area contributed by atoms with Gasteiger partial charge in [-0.25, -0.2) is 0 Å². The third-order valence-electron chi connectivity index (χ3n) is 5.71. The summed E-state index contributed by atoms with van der Waals surface area (Å²) >= 11 is 7.62. The second kappa shape index (κ2) is 11.1. The van der Waals surface area contributed by atoms with Crippen LogP contribution >= 0.6 is 22.9 Å². The number of aryl methyl sites for hydroxylation is 1. The number of nitrogens with zero attached hydrogens (tertiary/aromatic N) is 2. The maximum atomic E-state index is 12.9.